The maximum Gasteiger partial charge on any atom is 0.337 e. The van der Waals surface area contributed by atoms with Crippen molar-refractivity contribution in [1.82, 2.24) is 0 Å². The predicted octanol–water partition coefficient (Wildman–Crippen LogP) is 2.84. The summed E-state index contributed by atoms with van der Waals surface area (Å²) >= 11 is 0. The van der Waals surface area contributed by atoms with Crippen LogP contribution >= 0.6 is 0 Å². The van der Waals surface area contributed by atoms with Crippen LogP contribution in [0.25, 0.3) is 0 Å². The molecule has 0 radical (unpaired) electrons. The standard InChI is InChI=1S/C17H17NO5/c1-10(11-7-8-14(19)15(9-11)23-2)16(20)18-13-6-4-3-5-12(13)17(21)22/h3-10,19H,1-2H3,(H,18,20)(H,21,22). The second-order valence-corrected chi connectivity index (χ2v) is 4.99. The number of rotatable bonds is 5. The lowest BCUT2D eigenvalue weighted by molar-refractivity contribution is -0.117. The monoisotopic (exact) mass is 315 g/mol. The van der Waals surface area contributed by atoms with E-state index in [0.29, 0.717) is 5.56 Å². The van der Waals surface area contributed by atoms with E-state index < -0.39 is 11.9 Å². The lowest BCUT2D eigenvalue weighted by Gasteiger charge is -2.15. The normalized spacial score (nSPS) is 11.6. The Labute approximate surface area is 133 Å². The number of phenols is 1. The van der Waals surface area contributed by atoms with Crippen LogP contribution in [0.5, 0.6) is 11.5 Å². The Morgan fingerprint density at radius 3 is 2.52 bits per heavy atom. The third-order valence-electron chi connectivity index (χ3n) is 3.51. The number of aromatic carboxylic acids is 1. The molecule has 0 aromatic heterocycles. The zero-order chi connectivity index (χ0) is 17.0. The molecule has 0 spiro atoms. The number of methoxy groups -OCH3 is 1. The van der Waals surface area contributed by atoms with Crippen molar-refractivity contribution in [2.75, 3.05) is 12.4 Å². The maximum absolute atomic E-state index is 12.4. The Morgan fingerprint density at radius 1 is 1.17 bits per heavy atom. The molecule has 0 bridgehead atoms. The molecule has 0 aliphatic heterocycles. The Hall–Kier alpha value is -3.02. The third-order valence-corrected chi connectivity index (χ3v) is 3.51. The number of para-hydroxylation sites is 1. The highest BCUT2D eigenvalue weighted by molar-refractivity contribution is 6.02. The van der Waals surface area contributed by atoms with Crippen LogP contribution in [0.2, 0.25) is 0 Å². The Bertz CT molecular complexity index is 742. The lowest BCUT2D eigenvalue weighted by Crippen LogP contribution is -2.20. The molecule has 120 valence electrons. The van der Waals surface area contributed by atoms with Crippen LogP contribution < -0.4 is 10.1 Å². The Kier molecular flexibility index (Phi) is 4.85. The summed E-state index contributed by atoms with van der Waals surface area (Å²) in [7, 11) is 1.42. The molecule has 6 nitrogen and oxygen atoms in total. The smallest absolute Gasteiger partial charge is 0.337 e. The number of carbonyl (C=O) groups excluding carboxylic acids is 1. The molecule has 0 aliphatic rings. The number of hydrogen-bond donors (Lipinski definition) is 3. The van der Waals surface area contributed by atoms with Gasteiger partial charge in [-0.1, -0.05) is 18.2 Å². The molecular formula is C17H17NO5. The topological polar surface area (TPSA) is 95.9 Å². The molecule has 0 saturated heterocycles. The molecule has 6 heteroatoms. The molecule has 1 unspecified atom stereocenters. The third kappa shape index (κ3) is 3.60. The van der Waals surface area contributed by atoms with E-state index in [0.717, 1.165) is 0 Å². The van der Waals surface area contributed by atoms with Crippen molar-refractivity contribution >= 4 is 17.6 Å². The number of carboxylic acids is 1. The van der Waals surface area contributed by atoms with Crippen LogP contribution in [0.1, 0.15) is 28.8 Å². The summed E-state index contributed by atoms with van der Waals surface area (Å²) < 4.78 is 5.02. The van der Waals surface area contributed by atoms with Crippen molar-refractivity contribution < 1.29 is 24.5 Å². The first-order chi connectivity index (χ1) is 10.9. The van der Waals surface area contributed by atoms with E-state index in [1.54, 1.807) is 31.2 Å². The molecule has 0 aliphatic carbocycles. The molecule has 0 fully saturated rings. The van der Waals surface area contributed by atoms with Crippen LogP contribution in [0.3, 0.4) is 0 Å². The zero-order valence-corrected chi connectivity index (χ0v) is 12.7. The minimum Gasteiger partial charge on any atom is -0.504 e. The van der Waals surface area contributed by atoms with E-state index in [2.05, 4.69) is 5.32 Å². The minimum atomic E-state index is -1.11. The van der Waals surface area contributed by atoms with Crippen molar-refractivity contribution in [2.45, 2.75) is 12.8 Å². The first-order valence-corrected chi connectivity index (χ1v) is 6.94. The molecule has 1 amide bonds. The maximum atomic E-state index is 12.4. The molecule has 0 heterocycles. The fourth-order valence-electron chi connectivity index (χ4n) is 2.13. The van der Waals surface area contributed by atoms with Gasteiger partial charge in [0.05, 0.1) is 24.3 Å². The summed E-state index contributed by atoms with van der Waals surface area (Å²) in [5, 5.41) is 21.4. The molecule has 3 N–H and O–H groups in total. The number of ether oxygens (including phenoxy) is 1. The number of carboxylic acid groups (broad SMARTS) is 1. The second kappa shape index (κ2) is 6.83. The van der Waals surface area contributed by atoms with Gasteiger partial charge in [0.1, 0.15) is 0 Å². The number of carbonyl (C=O) groups is 2. The van der Waals surface area contributed by atoms with Gasteiger partial charge >= 0.3 is 5.97 Å². The summed E-state index contributed by atoms with van der Waals surface area (Å²) in [6.45, 7) is 1.69. The van der Waals surface area contributed by atoms with Gasteiger partial charge in [-0.2, -0.15) is 0 Å². The van der Waals surface area contributed by atoms with Gasteiger partial charge in [-0.15, -0.1) is 0 Å². The van der Waals surface area contributed by atoms with E-state index in [1.165, 1.54) is 25.3 Å². The van der Waals surface area contributed by atoms with Crippen molar-refractivity contribution in [3.05, 3.63) is 53.6 Å². The first kappa shape index (κ1) is 16.4. The van der Waals surface area contributed by atoms with Crippen molar-refractivity contribution in [2.24, 2.45) is 0 Å². The molecule has 23 heavy (non-hydrogen) atoms. The number of nitrogens with one attached hydrogen (secondary N) is 1. The van der Waals surface area contributed by atoms with Crippen LogP contribution in [-0.4, -0.2) is 29.2 Å². The van der Waals surface area contributed by atoms with Gasteiger partial charge in [0.25, 0.3) is 0 Å². The number of anilines is 1. The second-order valence-electron chi connectivity index (χ2n) is 4.99. The summed E-state index contributed by atoms with van der Waals surface area (Å²) in [4.78, 5) is 23.5. The van der Waals surface area contributed by atoms with E-state index in [1.807, 2.05) is 0 Å². The fourth-order valence-corrected chi connectivity index (χ4v) is 2.13. The highest BCUT2D eigenvalue weighted by atomic mass is 16.5. The van der Waals surface area contributed by atoms with Crippen LogP contribution in [-0.2, 0) is 4.79 Å². The minimum absolute atomic E-state index is 0.0138. The molecule has 2 rings (SSSR count). The highest BCUT2D eigenvalue weighted by Crippen LogP contribution is 2.30. The summed E-state index contributed by atoms with van der Waals surface area (Å²) in [6.07, 6.45) is 0. The summed E-state index contributed by atoms with van der Waals surface area (Å²) in [6, 6.07) is 10.8. The van der Waals surface area contributed by atoms with E-state index >= 15 is 0 Å². The molecule has 2 aromatic rings. The predicted molar refractivity (Wildman–Crippen MR) is 85.1 cm³/mol. The Morgan fingerprint density at radius 2 is 1.87 bits per heavy atom. The molecule has 2 aromatic carbocycles. The van der Waals surface area contributed by atoms with Crippen LogP contribution in [0, 0.1) is 0 Å². The summed E-state index contributed by atoms with van der Waals surface area (Å²) in [5.74, 6) is -1.76. The molecular weight excluding hydrogens is 298 g/mol. The number of amides is 1. The zero-order valence-electron chi connectivity index (χ0n) is 12.7. The average molecular weight is 315 g/mol. The number of benzene rings is 2. The first-order valence-electron chi connectivity index (χ1n) is 6.94. The SMILES string of the molecule is COc1cc(C(C)C(=O)Nc2ccccc2C(=O)O)ccc1O. The van der Waals surface area contributed by atoms with Crippen molar-refractivity contribution in [3.63, 3.8) is 0 Å². The van der Waals surface area contributed by atoms with Gasteiger partial charge in [-0.25, -0.2) is 4.79 Å². The van der Waals surface area contributed by atoms with Gasteiger partial charge in [-0.3, -0.25) is 4.79 Å². The molecule has 0 saturated carbocycles. The lowest BCUT2D eigenvalue weighted by atomic mass is 9.99. The van der Waals surface area contributed by atoms with E-state index in [4.69, 9.17) is 9.84 Å². The molecule has 1 atom stereocenters. The van der Waals surface area contributed by atoms with E-state index in [9.17, 15) is 14.7 Å². The van der Waals surface area contributed by atoms with Gasteiger partial charge < -0.3 is 20.3 Å². The van der Waals surface area contributed by atoms with Crippen LogP contribution in [0.15, 0.2) is 42.5 Å². The number of phenolic OH excluding ortho intramolecular Hbond substituents is 1. The van der Waals surface area contributed by atoms with Crippen molar-refractivity contribution in [1.29, 1.82) is 0 Å². The van der Waals surface area contributed by atoms with Crippen LogP contribution in [0.4, 0.5) is 5.69 Å². The summed E-state index contributed by atoms with van der Waals surface area (Å²) in [5.41, 5.74) is 0.906. The Balaban J connectivity index is 2.22. The van der Waals surface area contributed by atoms with Gasteiger partial charge in [0, 0.05) is 0 Å². The number of aromatic hydroxyl groups is 1. The van der Waals surface area contributed by atoms with Crippen molar-refractivity contribution in [3.8, 4) is 11.5 Å². The quantitative estimate of drug-likeness (QED) is 0.788. The van der Waals surface area contributed by atoms with Gasteiger partial charge in [-0.05, 0) is 36.8 Å². The van der Waals surface area contributed by atoms with Gasteiger partial charge in [0.2, 0.25) is 5.91 Å². The number of hydrogen-bond acceptors (Lipinski definition) is 4. The largest absolute Gasteiger partial charge is 0.504 e. The van der Waals surface area contributed by atoms with E-state index in [-0.39, 0.29) is 28.7 Å². The van der Waals surface area contributed by atoms with Gasteiger partial charge in [0.15, 0.2) is 11.5 Å². The average Bonchev–Trinajstić information content (AvgIpc) is 2.54. The highest BCUT2D eigenvalue weighted by Gasteiger charge is 2.19. The fraction of sp³-hybridized carbons (Fsp3) is 0.176.